The van der Waals surface area contributed by atoms with Gasteiger partial charge in [-0.05, 0) is 82.6 Å². The molecule has 0 unspecified atom stereocenters. The van der Waals surface area contributed by atoms with Crippen molar-refractivity contribution in [1.82, 2.24) is 0 Å². The fourth-order valence-electron chi connectivity index (χ4n) is 8.14. The first kappa shape index (κ1) is 39.3. The molecule has 302 valence electrons. The van der Waals surface area contributed by atoms with Crippen LogP contribution in [0.2, 0.25) is 0 Å². The number of fused-ring (bicyclic) bond motifs is 3. The van der Waals surface area contributed by atoms with Crippen LogP contribution in [0.1, 0.15) is 33.4 Å². The molecule has 0 fully saturated rings. The van der Waals surface area contributed by atoms with Crippen molar-refractivity contribution >= 4 is 0 Å². The highest BCUT2D eigenvalue weighted by molar-refractivity contribution is 5.86. The molecule has 0 atom stereocenters. The van der Waals surface area contributed by atoms with Gasteiger partial charge in [0.2, 0.25) is 34.8 Å². The molecule has 0 amide bonds. The van der Waals surface area contributed by atoms with E-state index in [1.807, 2.05) is 55.5 Å². The van der Waals surface area contributed by atoms with Crippen LogP contribution in [0.4, 0.5) is 35.1 Å². The molecule has 8 aromatic carbocycles. The summed E-state index contributed by atoms with van der Waals surface area (Å²) in [6, 6.07) is 44.3. The zero-order valence-electron chi connectivity index (χ0n) is 32.2. The lowest BCUT2D eigenvalue weighted by Crippen LogP contribution is -2.28. The first-order chi connectivity index (χ1) is 29.4. The van der Waals surface area contributed by atoms with Crippen LogP contribution in [0.5, 0.6) is 23.0 Å². The quantitative estimate of drug-likeness (QED) is 0.112. The highest BCUT2D eigenvalue weighted by atomic mass is 19.2. The molecular formula is C51H30F8O2. The topological polar surface area (TPSA) is 18.5 Å². The Kier molecular flexibility index (Phi) is 9.73. The molecule has 10 heteroatoms. The molecule has 0 spiro atoms. The van der Waals surface area contributed by atoms with Gasteiger partial charge in [-0.1, -0.05) is 132 Å². The maximum absolute atomic E-state index is 15.5. The zero-order chi connectivity index (χ0) is 42.7. The van der Waals surface area contributed by atoms with Gasteiger partial charge in [0.1, 0.15) is 11.5 Å². The van der Waals surface area contributed by atoms with E-state index >= 15 is 35.1 Å². The summed E-state index contributed by atoms with van der Waals surface area (Å²) in [5, 5.41) is 0. The van der Waals surface area contributed by atoms with Crippen molar-refractivity contribution < 1.29 is 44.6 Å². The molecule has 0 saturated heterocycles. The van der Waals surface area contributed by atoms with Gasteiger partial charge in [-0.3, -0.25) is 0 Å². The van der Waals surface area contributed by atoms with E-state index in [0.717, 1.165) is 50.1 Å². The molecular weight excluding hydrogens is 797 g/mol. The summed E-state index contributed by atoms with van der Waals surface area (Å²) in [5.74, 6) is -21.8. The Hall–Kier alpha value is -7.20. The average Bonchev–Trinajstić information content (AvgIpc) is 3.58. The largest absolute Gasteiger partial charge is 0.451 e. The Bertz CT molecular complexity index is 2900. The smallest absolute Gasteiger partial charge is 0.205 e. The van der Waals surface area contributed by atoms with Gasteiger partial charge in [-0.2, -0.15) is 17.6 Å². The molecule has 1 aliphatic rings. The predicted molar refractivity (Wildman–Crippen MR) is 217 cm³/mol. The second-order valence-electron chi connectivity index (χ2n) is 14.7. The molecule has 2 nitrogen and oxygen atoms in total. The van der Waals surface area contributed by atoms with Gasteiger partial charge < -0.3 is 9.47 Å². The third kappa shape index (κ3) is 6.32. The second kappa shape index (κ2) is 15.1. The van der Waals surface area contributed by atoms with Gasteiger partial charge in [0.05, 0.1) is 16.5 Å². The average molecular weight is 827 g/mol. The fourth-order valence-corrected chi connectivity index (χ4v) is 8.14. The Balaban J connectivity index is 1.02. The zero-order valence-corrected chi connectivity index (χ0v) is 32.2. The molecule has 8 aromatic rings. The van der Waals surface area contributed by atoms with Crippen molar-refractivity contribution in [2.24, 2.45) is 0 Å². The van der Waals surface area contributed by atoms with Crippen molar-refractivity contribution in [3.63, 3.8) is 0 Å². The minimum absolute atomic E-state index is 0.221. The van der Waals surface area contributed by atoms with Crippen molar-refractivity contribution in [3.05, 3.63) is 226 Å². The van der Waals surface area contributed by atoms with Crippen molar-refractivity contribution in [2.75, 3.05) is 0 Å². The summed E-state index contributed by atoms with van der Waals surface area (Å²) >= 11 is 0. The van der Waals surface area contributed by atoms with Crippen LogP contribution in [-0.4, -0.2) is 0 Å². The number of aryl methyl sites for hydroxylation is 2. The number of ether oxygens (including phenoxy) is 2. The lowest BCUT2D eigenvalue weighted by molar-refractivity contribution is 0.360. The molecule has 0 saturated carbocycles. The van der Waals surface area contributed by atoms with Crippen LogP contribution in [0.15, 0.2) is 146 Å². The molecule has 1 aliphatic carbocycles. The van der Waals surface area contributed by atoms with Crippen LogP contribution in [0.3, 0.4) is 0 Å². The van der Waals surface area contributed by atoms with E-state index in [1.165, 1.54) is 36.4 Å². The van der Waals surface area contributed by atoms with Gasteiger partial charge in [-0.25, -0.2) is 17.6 Å². The van der Waals surface area contributed by atoms with Crippen LogP contribution in [-0.2, 0) is 5.41 Å². The number of rotatable bonds is 8. The molecule has 0 aliphatic heterocycles. The molecule has 0 radical (unpaired) electrons. The van der Waals surface area contributed by atoms with E-state index in [1.54, 1.807) is 19.1 Å². The summed E-state index contributed by atoms with van der Waals surface area (Å²) < 4.78 is 133. The maximum Gasteiger partial charge on any atom is 0.205 e. The number of halogens is 8. The van der Waals surface area contributed by atoms with Gasteiger partial charge in [0, 0.05) is 0 Å². The normalized spacial score (nSPS) is 12.6. The Morgan fingerprint density at radius 2 is 0.656 bits per heavy atom. The van der Waals surface area contributed by atoms with Crippen LogP contribution >= 0.6 is 0 Å². The van der Waals surface area contributed by atoms with Crippen molar-refractivity contribution in [2.45, 2.75) is 19.3 Å². The summed E-state index contributed by atoms with van der Waals surface area (Å²) in [5.41, 5.74) is 5.31. The molecule has 9 rings (SSSR count). The monoisotopic (exact) mass is 826 g/mol. The fraction of sp³-hybridized carbons (Fsp3) is 0.0588. The van der Waals surface area contributed by atoms with E-state index in [2.05, 4.69) is 48.5 Å². The third-order valence-electron chi connectivity index (χ3n) is 11.1. The summed E-state index contributed by atoms with van der Waals surface area (Å²) in [6.45, 7) is 3.74. The first-order valence-corrected chi connectivity index (χ1v) is 19.0. The molecule has 0 aromatic heterocycles. The number of hydrogen-bond acceptors (Lipinski definition) is 2. The minimum atomic E-state index is -2.36. The summed E-state index contributed by atoms with van der Waals surface area (Å²) in [6.07, 6.45) is 0. The van der Waals surface area contributed by atoms with Crippen molar-refractivity contribution in [3.8, 4) is 56.4 Å². The Labute approximate surface area is 344 Å². The van der Waals surface area contributed by atoms with Crippen LogP contribution < -0.4 is 9.47 Å². The Morgan fingerprint density at radius 3 is 1.05 bits per heavy atom. The van der Waals surface area contributed by atoms with Gasteiger partial charge in [0.25, 0.3) is 0 Å². The standard InChI is InChI=1S/C51H30F8O2/c1-27-11-19-31(20-12-27)51(37-9-5-3-7-35(37)36-8-4-6-10-38(36)51)32-21-15-29(16-22-32)30-17-25-34(26-18-30)61-50-47(58)43(54)40(44(55)48(50)59)39-41(52)45(56)49(46(57)42(39)53)60-33-23-13-28(2)14-24-33/h3-26H,1-2H3. The molecule has 0 N–H and O–H groups in total. The minimum Gasteiger partial charge on any atom is -0.451 e. The number of hydrogen-bond donors (Lipinski definition) is 0. The first-order valence-electron chi connectivity index (χ1n) is 19.0. The summed E-state index contributed by atoms with van der Waals surface area (Å²) in [4.78, 5) is 0. The van der Waals surface area contributed by atoms with E-state index < -0.39 is 74.6 Å². The van der Waals surface area contributed by atoms with E-state index in [0.29, 0.717) is 5.56 Å². The molecule has 0 heterocycles. The van der Waals surface area contributed by atoms with Gasteiger partial charge in [0.15, 0.2) is 23.3 Å². The van der Waals surface area contributed by atoms with E-state index in [-0.39, 0.29) is 11.5 Å². The lowest BCUT2D eigenvalue weighted by atomic mass is 9.67. The second-order valence-corrected chi connectivity index (χ2v) is 14.7. The maximum atomic E-state index is 15.5. The van der Waals surface area contributed by atoms with Gasteiger partial charge in [-0.15, -0.1) is 0 Å². The van der Waals surface area contributed by atoms with E-state index in [9.17, 15) is 0 Å². The third-order valence-corrected chi connectivity index (χ3v) is 11.1. The predicted octanol–water partition coefficient (Wildman–Crippen LogP) is 14.7. The van der Waals surface area contributed by atoms with Crippen molar-refractivity contribution in [1.29, 1.82) is 0 Å². The Morgan fingerprint density at radius 1 is 0.344 bits per heavy atom. The molecule has 61 heavy (non-hydrogen) atoms. The SMILES string of the molecule is Cc1ccc(Oc2c(F)c(F)c(-c3c(F)c(F)c(Oc4ccc(-c5ccc(C6(c7ccc(C)cc7)c7ccccc7-c7ccccc76)cc5)cc4)c(F)c3F)c(F)c2F)cc1. The molecule has 0 bridgehead atoms. The lowest BCUT2D eigenvalue weighted by Gasteiger charge is -2.34. The summed E-state index contributed by atoms with van der Waals surface area (Å²) in [7, 11) is 0. The van der Waals surface area contributed by atoms with E-state index in [4.69, 9.17) is 9.47 Å². The highest BCUT2D eigenvalue weighted by Gasteiger charge is 2.46. The van der Waals surface area contributed by atoms with Crippen LogP contribution in [0, 0.1) is 60.4 Å². The highest BCUT2D eigenvalue weighted by Crippen LogP contribution is 2.56. The van der Waals surface area contributed by atoms with Gasteiger partial charge >= 0.3 is 0 Å². The van der Waals surface area contributed by atoms with Crippen LogP contribution in [0.25, 0.3) is 33.4 Å². The number of benzene rings is 8.